The molecule has 0 spiro atoms. The van der Waals surface area contributed by atoms with Crippen LogP contribution in [0, 0.1) is 0 Å². The number of thiol groups is 1. The van der Waals surface area contributed by atoms with E-state index in [1.807, 2.05) is 0 Å². The van der Waals surface area contributed by atoms with Gasteiger partial charge in [0.15, 0.2) is 0 Å². The number of unbranched alkanes of at least 4 members (excludes halogenated alkanes) is 15. The van der Waals surface area contributed by atoms with E-state index in [2.05, 4.69) is 24.9 Å². The summed E-state index contributed by atoms with van der Waals surface area (Å²) in [6, 6.07) is -0.626. The molecule has 0 fully saturated rings. The van der Waals surface area contributed by atoms with Crippen molar-refractivity contribution in [2.24, 2.45) is 0 Å². The number of hydrogen-bond donors (Lipinski definition) is 4. The smallest absolute Gasteiger partial charge is 0.320 e. The first-order valence-electron chi connectivity index (χ1n) is 12.4. The molecule has 0 saturated heterocycles. The molecular formula is C24H49NO3S. The SMILES string of the molecule is CCCCCCCCCCCC(O)NC(CCCCCCCCCCS)C(=O)O. The van der Waals surface area contributed by atoms with Crippen molar-refractivity contribution >= 4 is 18.6 Å². The third kappa shape index (κ3) is 20.8. The van der Waals surface area contributed by atoms with Crippen molar-refractivity contribution in [2.75, 3.05) is 5.75 Å². The highest BCUT2D eigenvalue weighted by atomic mass is 32.1. The molecule has 5 heteroatoms. The topological polar surface area (TPSA) is 69.6 Å². The number of aliphatic carboxylic acids is 1. The van der Waals surface area contributed by atoms with Gasteiger partial charge in [-0.15, -0.1) is 0 Å². The Hall–Kier alpha value is -0.260. The number of aliphatic hydroxyl groups excluding tert-OH is 1. The molecule has 0 amide bonds. The van der Waals surface area contributed by atoms with E-state index in [1.165, 1.54) is 83.5 Å². The normalized spacial score (nSPS) is 13.5. The second-order valence-corrected chi connectivity index (χ2v) is 8.98. The van der Waals surface area contributed by atoms with Crippen LogP contribution in [-0.4, -0.2) is 34.2 Å². The van der Waals surface area contributed by atoms with Gasteiger partial charge in [-0.05, 0) is 31.4 Å². The molecule has 0 saturated carbocycles. The van der Waals surface area contributed by atoms with E-state index >= 15 is 0 Å². The Morgan fingerprint density at radius 1 is 0.724 bits per heavy atom. The maximum absolute atomic E-state index is 11.4. The summed E-state index contributed by atoms with van der Waals surface area (Å²) in [6.07, 6.45) is 21.2. The van der Waals surface area contributed by atoms with Crippen LogP contribution >= 0.6 is 12.6 Å². The van der Waals surface area contributed by atoms with Crippen molar-refractivity contribution < 1.29 is 15.0 Å². The molecule has 0 aliphatic heterocycles. The molecule has 0 rings (SSSR count). The fourth-order valence-corrected chi connectivity index (χ4v) is 3.99. The average molecular weight is 432 g/mol. The lowest BCUT2D eigenvalue weighted by atomic mass is 10.0. The molecule has 3 N–H and O–H groups in total. The predicted molar refractivity (Wildman–Crippen MR) is 128 cm³/mol. The first kappa shape index (κ1) is 28.7. The predicted octanol–water partition coefficient (Wildman–Crippen LogP) is 6.71. The molecule has 0 radical (unpaired) electrons. The Labute approximate surface area is 186 Å². The van der Waals surface area contributed by atoms with Gasteiger partial charge in [-0.2, -0.15) is 12.6 Å². The van der Waals surface area contributed by atoms with Crippen LogP contribution in [0.15, 0.2) is 0 Å². The summed E-state index contributed by atoms with van der Waals surface area (Å²) in [5.74, 6) is 0.136. The van der Waals surface area contributed by atoms with Crippen LogP contribution in [0.25, 0.3) is 0 Å². The molecule has 0 aromatic heterocycles. The standard InChI is InChI=1S/C24H49NO3S/c1-2-3-4-5-6-7-11-14-17-20-23(26)25-22(24(27)28)19-16-13-10-8-9-12-15-18-21-29/h22-23,25-26,29H,2-21H2,1H3,(H,27,28). The first-order valence-corrected chi connectivity index (χ1v) is 13.0. The van der Waals surface area contributed by atoms with Crippen LogP contribution in [0.5, 0.6) is 0 Å². The van der Waals surface area contributed by atoms with Crippen molar-refractivity contribution in [1.82, 2.24) is 5.32 Å². The largest absolute Gasteiger partial charge is 0.480 e. The molecule has 0 aliphatic rings. The lowest BCUT2D eigenvalue weighted by Crippen LogP contribution is -2.43. The van der Waals surface area contributed by atoms with Crippen molar-refractivity contribution in [2.45, 2.75) is 141 Å². The van der Waals surface area contributed by atoms with Gasteiger partial charge in [0, 0.05) is 0 Å². The zero-order valence-corrected chi connectivity index (χ0v) is 19.9. The Kier molecular flexibility index (Phi) is 22.2. The van der Waals surface area contributed by atoms with Gasteiger partial charge in [0.1, 0.15) is 12.3 Å². The fraction of sp³-hybridized carbons (Fsp3) is 0.958. The van der Waals surface area contributed by atoms with Gasteiger partial charge in [0.25, 0.3) is 0 Å². The van der Waals surface area contributed by atoms with E-state index in [-0.39, 0.29) is 0 Å². The number of nitrogens with one attached hydrogen (secondary N) is 1. The van der Waals surface area contributed by atoms with Crippen LogP contribution in [0.2, 0.25) is 0 Å². The summed E-state index contributed by atoms with van der Waals surface area (Å²) in [7, 11) is 0. The van der Waals surface area contributed by atoms with Crippen molar-refractivity contribution in [3.8, 4) is 0 Å². The number of hydrogen-bond acceptors (Lipinski definition) is 4. The molecule has 0 bridgehead atoms. The van der Waals surface area contributed by atoms with E-state index in [9.17, 15) is 15.0 Å². The highest BCUT2D eigenvalue weighted by molar-refractivity contribution is 7.80. The summed E-state index contributed by atoms with van der Waals surface area (Å²) < 4.78 is 0. The Balaban J connectivity index is 3.63. The Morgan fingerprint density at radius 3 is 1.59 bits per heavy atom. The molecule has 0 aliphatic carbocycles. The second-order valence-electron chi connectivity index (χ2n) is 8.53. The van der Waals surface area contributed by atoms with E-state index in [4.69, 9.17) is 0 Å². The highest BCUT2D eigenvalue weighted by Crippen LogP contribution is 2.13. The lowest BCUT2D eigenvalue weighted by Gasteiger charge is -2.19. The minimum atomic E-state index is -0.845. The molecule has 2 unspecified atom stereocenters. The van der Waals surface area contributed by atoms with Crippen LogP contribution in [0.1, 0.15) is 129 Å². The molecule has 174 valence electrons. The van der Waals surface area contributed by atoms with Gasteiger partial charge < -0.3 is 10.2 Å². The maximum atomic E-state index is 11.4. The molecule has 0 aromatic carbocycles. The molecule has 0 aromatic rings. The van der Waals surface area contributed by atoms with E-state index in [0.29, 0.717) is 12.8 Å². The average Bonchev–Trinajstić information content (AvgIpc) is 2.70. The highest BCUT2D eigenvalue weighted by Gasteiger charge is 2.19. The monoisotopic (exact) mass is 431 g/mol. The summed E-state index contributed by atoms with van der Waals surface area (Å²) >= 11 is 4.22. The van der Waals surface area contributed by atoms with Crippen LogP contribution in [0.4, 0.5) is 0 Å². The summed E-state index contributed by atoms with van der Waals surface area (Å²) in [6.45, 7) is 2.24. The summed E-state index contributed by atoms with van der Waals surface area (Å²) in [5.41, 5.74) is 0. The zero-order valence-electron chi connectivity index (χ0n) is 19.0. The van der Waals surface area contributed by atoms with Gasteiger partial charge >= 0.3 is 5.97 Å². The number of carbonyl (C=O) groups is 1. The maximum Gasteiger partial charge on any atom is 0.320 e. The van der Waals surface area contributed by atoms with Crippen molar-refractivity contribution in [1.29, 1.82) is 0 Å². The third-order valence-electron chi connectivity index (χ3n) is 5.67. The van der Waals surface area contributed by atoms with Gasteiger partial charge in [0.05, 0.1) is 0 Å². The Bertz CT molecular complexity index is 355. The van der Waals surface area contributed by atoms with E-state index in [1.54, 1.807) is 0 Å². The lowest BCUT2D eigenvalue weighted by molar-refractivity contribution is -0.140. The number of carboxylic acids is 1. The number of carboxylic acid groups (broad SMARTS) is 1. The zero-order chi connectivity index (χ0) is 21.6. The van der Waals surface area contributed by atoms with Crippen molar-refractivity contribution in [3.05, 3.63) is 0 Å². The van der Waals surface area contributed by atoms with Gasteiger partial charge in [0.2, 0.25) is 0 Å². The summed E-state index contributed by atoms with van der Waals surface area (Å²) in [5, 5.41) is 22.4. The summed E-state index contributed by atoms with van der Waals surface area (Å²) in [4.78, 5) is 11.4. The molecule has 29 heavy (non-hydrogen) atoms. The van der Waals surface area contributed by atoms with Gasteiger partial charge in [-0.3, -0.25) is 10.1 Å². The van der Waals surface area contributed by atoms with Crippen LogP contribution in [-0.2, 0) is 4.79 Å². The number of rotatable bonds is 23. The molecular weight excluding hydrogens is 382 g/mol. The quantitative estimate of drug-likeness (QED) is 0.0824. The van der Waals surface area contributed by atoms with Crippen LogP contribution in [0.3, 0.4) is 0 Å². The van der Waals surface area contributed by atoms with E-state index in [0.717, 1.165) is 31.4 Å². The van der Waals surface area contributed by atoms with Crippen LogP contribution < -0.4 is 5.32 Å². The molecule has 4 nitrogen and oxygen atoms in total. The molecule has 0 heterocycles. The fourth-order valence-electron chi connectivity index (χ4n) is 3.76. The Morgan fingerprint density at radius 2 is 1.14 bits per heavy atom. The number of aliphatic hydroxyl groups is 1. The van der Waals surface area contributed by atoms with Crippen molar-refractivity contribution in [3.63, 3.8) is 0 Å². The second kappa shape index (κ2) is 22.4. The first-order chi connectivity index (χ1) is 14.1. The van der Waals surface area contributed by atoms with Gasteiger partial charge in [-0.1, -0.05) is 103 Å². The van der Waals surface area contributed by atoms with Gasteiger partial charge in [-0.25, -0.2) is 0 Å². The third-order valence-corrected chi connectivity index (χ3v) is 5.99. The minimum Gasteiger partial charge on any atom is -0.480 e. The van der Waals surface area contributed by atoms with E-state index < -0.39 is 18.2 Å². The minimum absolute atomic E-state index is 0.601. The molecule has 2 atom stereocenters.